The minimum atomic E-state index is -0.286. The van der Waals surface area contributed by atoms with Crippen LogP contribution in [0, 0.1) is 26.6 Å². The summed E-state index contributed by atoms with van der Waals surface area (Å²) in [6.45, 7) is 7.13. The van der Waals surface area contributed by atoms with Crippen LogP contribution in [0.1, 0.15) is 28.5 Å². The van der Waals surface area contributed by atoms with Crippen LogP contribution in [0.25, 0.3) is 22.0 Å². The van der Waals surface area contributed by atoms with Crippen LogP contribution in [-0.4, -0.2) is 26.7 Å². The third-order valence-electron chi connectivity index (χ3n) is 5.41. The Morgan fingerprint density at radius 3 is 2.76 bits per heavy atom. The number of hydrogen-bond donors (Lipinski definition) is 0. The van der Waals surface area contributed by atoms with Crippen molar-refractivity contribution in [3.8, 4) is 11.1 Å². The fraction of sp³-hybridized carbons (Fsp3) is 0.273. The Labute approximate surface area is 167 Å². The third kappa shape index (κ3) is 3.03. The van der Waals surface area contributed by atoms with E-state index in [1.54, 1.807) is 6.07 Å². The molecule has 29 heavy (non-hydrogen) atoms. The summed E-state index contributed by atoms with van der Waals surface area (Å²) < 4.78 is 19.2. The number of halogens is 1. The van der Waals surface area contributed by atoms with Crippen LogP contribution in [-0.2, 0) is 13.0 Å². The predicted octanol–water partition coefficient (Wildman–Crippen LogP) is 4.31. The lowest BCUT2D eigenvalue weighted by Crippen LogP contribution is -2.32. The van der Waals surface area contributed by atoms with Gasteiger partial charge in [0.2, 0.25) is 0 Å². The molecular formula is C22H20FN5O. The molecule has 1 aliphatic rings. The van der Waals surface area contributed by atoms with Crippen molar-refractivity contribution in [1.82, 2.24) is 20.1 Å². The molecular weight excluding hydrogens is 369 g/mol. The molecule has 0 atom stereocenters. The van der Waals surface area contributed by atoms with E-state index < -0.39 is 0 Å². The van der Waals surface area contributed by atoms with Gasteiger partial charge < -0.3 is 9.42 Å². The van der Waals surface area contributed by atoms with E-state index in [0.29, 0.717) is 12.4 Å². The van der Waals surface area contributed by atoms with E-state index in [1.807, 2.05) is 27.0 Å². The van der Waals surface area contributed by atoms with Gasteiger partial charge in [0.1, 0.15) is 23.2 Å². The van der Waals surface area contributed by atoms with Crippen molar-refractivity contribution < 1.29 is 8.91 Å². The lowest BCUT2D eigenvalue weighted by Gasteiger charge is -2.30. The molecule has 0 radical (unpaired) electrons. The van der Waals surface area contributed by atoms with E-state index in [2.05, 4.69) is 26.1 Å². The third-order valence-corrected chi connectivity index (χ3v) is 5.41. The first-order valence-corrected chi connectivity index (χ1v) is 9.59. The molecule has 1 aliphatic heterocycles. The van der Waals surface area contributed by atoms with Gasteiger partial charge in [-0.15, -0.1) is 0 Å². The first-order valence-electron chi connectivity index (χ1n) is 9.59. The number of pyridine rings is 1. The topological polar surface area (TPSA) is 67.9 Å². The Bertz CT molecular complexity index is 1230. The molecule has 5 rings (SSSR count). The number of nitrogens with zero attached hydrogens (tertiary/aromatic N) is 5. The van der Waals surface area contributed by atoms with Crippen molar-refractivity contribution in [2.24, 2.45) is 0 Å². The van der Waals surface area contributed by atoms with E-state index in [1.165, 1.54) is 12.1 Å². The van der Waals surface area contributed by atoms with Crippen molar-refractivity contribution in [3.05, 3.63) is 64.8 Å². The minimum absolute atomic E-state index is 0.286. The smallest absolute Gasteiger partial charge is 0.141 e. The van der Waals surface area contributed by atoms with Crippen molar-refractivity contribution in [3.63, 3.8) is 0 Å². The highest BCUT2D eigenvalue weighted by molar-refractivity contribution is 5.89. The summed E-state index contributed by atoms with van der Waals surface area (Å²) in [6, 6.07) is 6.80. The Hall–Kier alpha value is -3.35. The highest BCUT2D eigenvalue weighted by Crippen LogP contribution is 2.32. The highest BCUT2D eigenvalue weighted by atomic mass is 19.1. The van der Waals surface area contributed by atoms with Gasteiger partial charge in [-0.05, 0) is 50.6 Å². The summed E-state index contributed by atoms with van der Waals surface area (Å²) in [6.07, 6.45) is 2.69. The van der Waals surface area contributed by atoms with E-state index in [4.69, 9.17) is 9.51 Å². The maximum Gasteiger partial charge on any atom is 0.141 e. The normalized spacial score (nSPS) is 13.7. The van der Waals surface area contributed by atoms with Crippen LogP contribution >= 0.6 is 0 Å². The fourth-order valence-electron chi connectivity index (χ4n) is 4.08. The lowest BCUT2D eigenvalue weighted by atomic mass is 9.99. The largest absolute Gasteiger partial charge is 0.361 e. The quantitative estimate of drug-likeness (QED) is 0.509. The minimum Gasteiger partial charge on any atom is -0.361 e. The van der Waals surface area contributed by atoms with Crippen LogP contribution in [0.4, 0.5) is 10.2 Å². The summed E-state index contributed by atoms with van der Waals surface area (Å²) in [5.41, 5.74) is 5.80. The second kappa shape index (κ2) is 6.62. The molecule has 4 aromatic rings. The summed E-state index contributed by atoms with van der Waals surface area (Å²) in [4.78, 5) is 16.0. The van der Waals surface area contributed by atoms with Gasteiger partial charge in [0.25, 0.3) is 0 Å². The SMILES string of the molecule is Cc1nc(N2CCc3ncc(-c4c(C)noc4C)cc3C2)c2cc(F)ccc2n1. The first-order chi connectivity index (χ1) is 14.0. The predicted molar refractivity (Wildman–Crippen MR) is 108 cm³/mol. The molecule has 6 nitrogen and oxygen atoms in total. The van der Waals surface area contributed by atoms with Crippen molar-refractivity contribution >= 4 is 16.7 Å². The zero-order valence-electron chi connectivity index (χ0n) is 16.5. The molecule has 0 unspecified atom stereocenters. The van der Waals surface area contributed by atoms with E-state index in [9.17, 15) is 4.39 Å². The molecule has 0 saturated heterocycles. The molecule has 7 heteroatoms. The summed E-state index contributed by atoms with van der Waals surface area (Å²) in [7, 11) is 0. The maximum absolute atomic E-state index is 13.9. The zero-order chi connectivity index (χ0) is 20.1. The van der Waals surface area contributed by atoms with Gasteiger partial charge >= 0.3 is 0 Å². The van der Waals surface area contributed by atoms with Crippen molar-refractivity contribution in [2.75, 3.05) is 11.4 Å². The second-order valence-corrected chi connectivity index (χ2v) is 7.46. The number of fused-ring (bicyclic) bond motifs is 2. The lowest BCUT2D eigenvalue weighted by molar-refractivity contribution is 0.393. The number of benzene rings is 1. The second-order valence-electron chi connectivity index (χ2n) is 7.46. The van der Waals surface area contributed by atoms with Crippen LogP contribution in [0.5, 0.6) is 0 Å². The zero-order valence-corrected chi connectivity index (χ0v) is 16.5. The number of aromatic nitrogens is 4. The number of anilines is 1. The van der Waals surface area contributed by atoms with Gasteiger partial charge in [0, 0.05) is 47.9 Å². The van der Waals surface area contributed by atoms with Crippen LogP contribution in [0.2, 0.25) is 0 Å². The van der Waals surface area contributed by atoms with E-state index >= 15 is 0 Å². The maximum atomic E-state index is 13.9. The van der Waals surface area contributed by atoms with Crippen LogP contribution in [0.3, 0.4) is 0 Å². The fourth-order valence-corrected chi connectivity index (χ4v) is 4.08. The monoisotopic (exact) mass is 389 g/mol. The number of aryl methyl sites for hydroxylation is 3. The van der Waals surface area contributed by atoms with Gasteiger partial charge in [0.15, 0.2) is 0 Å². The molecule has 0 N–H and O–H groups in total. The Morgan fingerprint density at radius 2 is 1.97 bits per heavy atom. The first kappa shape index (κ1) is 17.7. The van der Waals surface area contributed by atoms with Crippen molar-refractivity contribution in [1.29, 1.82) is 0 Å². The standard InChI is InChI=1S/C22H20FN5O/c1-12-21(13(2)29-27-12)15-8-16-11-28(7-6-19(16)24-10-15)22-18-9-17(23)4-5-20(18)25-14(3)26-22/h4-5,8-10H,6-7,11H2,1-3H3. The van der Waals surface area contributed by atoms with Gasteiger partial charge in [-0.2, -0.15) is 0 Å². The number of rotatable bonds is 2. The molecule has 0 saturated carbocycles. The number of hydrogen-bond acceptors (Lipinski definition) is 6. The molecule has 0 bridgehead atoms. The molecule has 0 spiro atoms. The summed E-state index contributed by atoms with van der Waals surface area (Å²) in [5, 5.41) is 4.78. The van der Waals surface area contributed by atoms with Gasteiger partial charge in [-0.3, -0.25) is 4.98 Å². The average molecular weight is 389 g/mol. The van der Waals surface area contributed by atoms with Crippen LogP contribution in [0.15, 0.2) is 35.0 Å². The summed E-state index contributed by atoms with van der Waals surface area (Å²) in [5.74, 6) is 1.93. The van der Waals surface area contributed by atoms with Gasteiger partial charge in [-0.25, -0.2) is 14.4 Å². The molecule has 0 amide bonds. The molecule has 4 heterocycles. The Balaban J connectivity index is 1.57. The van der Waals surface area contributed by atoms with E-state index in [-0.39, 0.29) is 5.82 Å². The van der Waals surface area contributed by atoms with Gasteiger partial charge in [-0.1, -0.05) is 5.16 Å². The van der Waals surface area contributed by atoms with Gasteiger partial charge in [0.05, 0.1) is 11.2 Å². The Morgan fingerprint density at radius 1 is 1.10 bits per heavy atom. The van der Waals surface area contributed by atoms with Crippen LogP contribution < -0.4 is 4.90 Å². The average Bonchev–Trinajstić information content (AvgIpc) is 3.05. The molecule has 146 valence electrons. The van der Waals surface area contributed by atoms with Crippen molar-refractivity contribution in [2.45, 2.75) is 33.7 Å². The summed E-state index contributed by atoms with van der Waals surface area (Å²) >= 11 is 0. The Kier molecular flexibility index (Phi) is 4.04. The highest BCUT2D eigenvalue weighted by Gasteiger charge is 2.23. The molecule has 1 aromatic carbocycles. The molecule has 3 aromatic heterocycles. The molecule has 0 fully saturated rings. The van der Waals surface area contributed by atoms with E-state index in [0.717, 1.165) is 63.5 Å². The molecule has 0 aliphatic carbocycles.